The molecule has 2 aromatic carbocycles. The minimum absolute atomic E-state index is 0.0340. The first kappa shape index (κ1) is 22.3. The Labute approximate surface area is 182 Å². The van der Waals surface area contributed by atoms with Crippen LogP contribution >= 0.6 is 0 Å². The summed E-state index contributed by atoms with van der Waals surface area (Å²) in [7, 11) is 6.08. The number of carbonyl (C=O) groups excluding carboxylic acids is 2. The van der Waals surface area contributed by atoms with Gasteiger partial charge in [-0.05, 0) is 37.1 Å². The van der Waals surface area contributed by atoms with E-state index in [4.69, 9.17) is 18.9 Å². The SMILES string of the molecule is COc1ccccc1C(=O)N1CCC(NC(=O)c2cc(OC)c(OC)c(OC)c2)CC1. The van der Waals surface area contributed by atoms with Crippen LogP contribution < -0.4 is 24.3 Å². The van der Waals surface area contributed by atoms with Gasteiger partial charge in [-0.15, -0.1) is 0 Å². The van der Waals surface area contributed by atoms with E-state index >= 15 is 0 Å². The number of hydrogen-bond donors (Lipinski definition) is 1. The highest BCUT2D eigenvalue weighted by molar-refractivity contribution is 5.97. The Bertz CT molecular complexity index is 912. The third-order valence-electron chi connectivity index (χ3n) is 5.38. The standard InChI is InChI=1S/C23H28N2O6/c1-28-18-8-6-5-7-17(18)23(27)25-11-9-16(10-12-25)24-22(26)15-13-19(29-2)21(31-4)20(14-15)30-3/h5-8,13-14,16H,9-12H2,1-4H3,(H,24,26). The number of nitrogens with one attached hydrogen (secondary N) is 1. The number of amides is 2. The van der Waals surface area contributed by atoms with Gasteiger partial charge in [0.25, 0.3) is 11.8 Å². The van der Waals surface area contributed by atoms with Crippen LogP contribution in [0.15, 0.2) is 36.4 Å². The van der Waals surface area contributed by atoms with Crippen molar-refractivity contribution >= 4 is 11.8 Å². The molecule has 1 fully saturated rings. The predicted octanol–water partition coefficient (Wildman–Crippen LogP) is 2.76. The minimum atomic E-state index is -0.228. The highest BCUT2D eigenvalue weighted by Gasteiger charge is 2.27. The number of carbonyl (C=O) groups is 2. The van der Waals surface area contributed by atoms with E-state index in [0.29, 0.717) is 60.1 Å². The first-order valence-electron chi connectivity index (χ1n) is 10.1. The number of para-hydroxylation sites is 1. The predicted molar refractivity (Wildman–Crippen MR) is 115 cm³/mol. The van der Waals surface area contributed by atoms with Crippen LogP contribution in [0.4, 0.5) is 0 Å². The molecule has 1 aliphatic rings. The highest BCUT2D eigenvalue weighted by Crippen LogP contribution is 2.38. The number of nitrogens with zero attached hydrogens (tertiary/aromatic N) is 1. The van der Waals surface area contributed by atoms with Crippen LogP contribution in [-0.4, -0.2) is 64.3 Å². The van der Waals surface area contributed by atoms with Gasteiger partial charge in [0, 0.05) is 24.7 Å². The van der Waals surface area contributed by atoms with E-state index in [0.717, 1.165) is 0 Å². The van der Waals surface area contributed by atoms with Gasteiger partial charge in [-0.1, -0.05) is 12.1 Å². The van der Waals surface area contributed by atoms with Gasteiger partial charge in [0.05, 0.1) is 34.0 Å². The molecule has 0 atom stereocenters. The van der Waals surface area contributed by atoms with Gasteiger partial charge < -0.3 is 29.2 Å². The Morgan fingerprint density at radius 3 is 2.00 bits per heavy atom. The maximum absolute atomic E-state index is 12.9. The van der Waals surface area contributed by atoms with E-state index in [1.54, 1.807) is 36.3 Å². The van der Waals surface area contributed by atoms with Crippen LogP contribution in [0.25, 0.3) is 0 Å². The van der Waals surface area contributed by atoms with Crippen molar-refractivity contribution in [2.45, 2.75) is 18.9 Å². The summed E-state index contributed by atoms with van der Waals surface area (Å²) in [6, 6.07) is 10.4. The fraction of sp³-hybridized carbons (Fsp3) is 0.391. The average Bonchev–Trinajstić information content (AvgIpc) is 2.82. The van der Waals surface area contributed by atoms with Gasteiger partial charge in [-0.2, -0.15) is 0 Å². The Morgan fingerprint density at radius 2 is 1.45 bits per heavy atom. The van der Waals surface area contributed by atoms with E-state index in [9.17, 15) is 9.59 Å². The molecule has 2 amide bonds. The highest BCUT2D eigenvalue weighted by atomic mass is 16.5. The fourth-order valence-electron chi connectivity index (χ4n) is 3.70. The van der Waals surface area contributed by atoms with Crippen LogP contribution in [-0.2, 0) is 0 Å². The summed E-state index contributed by atoms with van der Waals surface area (Å²) in [6.45, 7) is 1.11. The van der Waals surface area contributed by atoms with Crippen molar-refractivity contribution in [3.8, 4) is 23.0 Å². The molecular weight excluding hydrogens is 400 g/mol. The first-order valence-corrected chi connectivity index (χ1v) is 10.1. The van der Waals surface area contributed by atoms with E-state index in [1.165, 1.54) is 21.3 Å². The first-order chi connectivity index (χ1) is 15.0. The largest absolute Gasteiger partial charge is 0.496 e. The number of piperidine rings is 1. The van der Waals surface area contributed by atoms with Crippen LogP contribution in [0.1, 0.15) is 33.6 Å². The molecule has 31 heavy (non-hydrogen) atoms. The molecular formula is C23H28N2O6. The Kier molecular flexibility index (Phi) is 7.23. The fourth-order valence-corrected chi connectivity index (χ4v) is 3.70. The molecule has 0 aromatic heterocycles. The summed E-state index contributed by atoms with van der Waals surface area (Å²) in [4.78, 5) is 27.5. The molecule has 0 aliphatic carbocycles. The molecule has 1 saturated heterocycles. The maximum Gasteiger partial charge on any atom is 0.257 e. The van der Waals surface area contributed by atoms with Crippen molar-refractivity contribution < 1.29 is 28.5 Å². The molecule has 0 spiro atoms. The number of methoxy groups -OCH3 is 4. The lowest BCUT2D eigenvalue weighted by Crippen LogP contribution is -2.46. The number of ether oxygens (including phenoxy) is 4. The van der Waals surface area contributed by atoms with Gasteiger partial charge in [-0.3, -0.25) is 9.59 Å². The van der Waals surface area contributed by atoms with Crippen molar-refractivity contribution in [2.75, 3.05) is 41.5 Å². The lowest BCUT2D eigenvalue weighted by molar-refractivity contribution is 0.0695. The third-order valence-corrected chi connectivity index (χ3v) is 5.38. The van der Waals surface area contributed by atoms with E-state index < -0.39 is 0 Å². The van der Waals surface area contributed by atoms with Crippen LogP contribution in [0, 0.1) is 0 Å². The molecule has 2 aromatic rings. The number of hydrogen-bond acceptors (Lipinski definition) is 6. The molecule has 8 heteroatoms. The van der Waals surface area contributed by atoms with E-state index in [2.05, 4.69) is 5.32 Å². The lowest BCUT2D eigenvalue weighted by Gasteiger charge is -2.32. The zero-order valence-corrected chi connectivity index (χ0v) is 18.3. The van der Waals surface area contributed by atoms with Gasteiger partial charge >= 0.3 is 0 Å². The second-order valence-electron chi connectivity index (χ2n) is 7.15. The molecule has 1 aliphatic heterocycles. The zero-order valence-electron chi connectivity index (χ0n) is 18.3. The quantitative estimate of drug-likeness (QED) is 0.730. The molecule has 8 nitrogen and oxygen atoms in total. The van der Waals surface area contributed by atoms with Gasteiger partial charge in [0.1, 0.15) is 5.75 Å². The molecule has 0 radical (unpaired) electrons. The second-order valence-corrected chi connectivity index (χ2v) is 7.15. The molecule has 1 heterocycles. The van der Waals surface area contributed by atoms with Crippen LogP contribution in [0.3, 0.4) is 0 Å². The van der Waals surface area contributed by atoms with Gasteiger partial charge in [0.2, 0.25) is 5.75 Å². The summed E-state index contributed by atoms with van der Waals surface area (Å²) >= 11 is 0. The molecule has 0 bridgehead atoms. The summed E-state index contributed by atoms with van der Waals surface area (Å²) in [6.07, 6.45) is 1.33. The van der Waals surface area contributed by atoms with Crippen LogP contribution in [0.2, 0.25) is 0 Å². The van der Waals surface area contributed by atoms with Crippen molar-refractivity contribution in [2.24, 2.45) is 0 Å². The van der Waals surface area contributed by atoms with Crippen molar-refractivity contribution in [3.63, 3.8) is 0 Å². The van der Waals surface area contributed by atoms with Crippen molar-refractivity contribution in [3.05, 3.63) is 47.5 Å². The lowest BCUT2D eigenvalue weighted by atomic mass is 10.0. The second kappa shape index (κ2) is 10.1. The summed E-state index contributed by atoms with van der Waals surface area (Å²) in [5.41, 5.74) is 0.965. The van der Waals surface area contributed by atoms with E-state index in [-0.39, 0.29) is 17.9 Å². The van der Waals surface area contributed by atoms with Crippen LogP contribution in [0.5, 0.6) is 23.0 Å². The monoisotopic (exact) mass is 428 g/mol. The normalized spacial score (nSPS) is 14.0. The Hall–Kier alpha value is -3.42. The Balaban J connectivity index is 1.63. The van der Waals surface area contributed by atoms with Gasteiger partial charge in [0.15, 0.2) is 11.5 Å². The van der Waals surface area contributed by atoms with Crippen molar-refractivity contribution in [1.29, 1.82) is 0 Å². The Morgan fingerprint density at radius 1 is 0.871 bits per heavy atom. The maximum atomic E-state index is 12.9. The number of likely N-dealkylation sites (tertiary alicyclic amines) is 1. The van der Waals surface area contributed by atoms with E-state index in [1.807, 2.05) is 12.1 Å². The van der Waals surface area contributed by atoms with Gasteiger partial charge in [-0.25, -0.2) is 0 Å². The summed E-state index contributed by atoms with van der Waals surface area (Å²) in [5.74, 6) is 1.55. The number of benzene rings is 2. The zero-order chi connectivity index (χ0) is 22.4. The number of rotatable bonds is 7. The molecule has 166 valence electrons. The molecule has 0 unspecified atom stereocenters. The minimum Gasteiger partial charge on any atom is -0.496 e. The van der Waals surface area contributed by atoms with Crippen molar-refractivity contribution in [1.82, 2.24) is 10.2 Å². The smallest absolute Gasteiger partial charge is 0.257 e. The molecule has 3 rings (SSSR count). The molecule has 0 saturated carbocycles. The third kappa shape index (κ3) is 4.84. The molecule has 1 N–H and O–H groups in total. The average molecular weight is 428 g/mol. The summed E-state index contributed by atoms with van der Waals surface area (Å²) < 4.78 is 21.2. The topological polar surface area (TPSA) is 86.3 Å². The summed E-state index contributed by atoms with van der Waals surface area (Å²) in [5, 5.41) is 3.04.